The fraction of sp³-hybridized carbons (Fsp3) is 0.909. The van der Waals surface area contributed by atoms with Crippen LogP contribution in [-0.4, -0.2) is 36.5 Å². The zero-order valence-electron chi connectivity index (χ0n) is 8.96. The molecule has 2 aliphatic rings. The summed E-state index contributed by atoms with van der Waals surface area (Å²) in [5.74, 6) is 0.247. The third kappa shape index (κ3) is 1.92. The van der Waals surface area contributed by atoms with Crippen LogP contribution in [0.2, 0.25) is 0 Å². The smallest absolute Gasteiger partial charge is 0.237 e. The van der Waals surface area contributed by atoms with E-state index in [-0.39, 0.29) is 11.9 Å². The van der Waals surface area contributed by atoms with Crippen molar-refractivity contribution in [3.05, 3.63) is 0 Å². The number of carbonyl (C=O) groups is 1. The van der Waals surface area contributed by atoms with Gasteiger partial charge < -0.3 is 5.32 Å². The molecule has 0 aromatic rings. The summed E-state index contributed by atoms with van der Waals surface area (Å²) >= 11 is 0. The predicted octanol–water partition coefficient (Wildman–Crippen LogP) is 1.14. The molecule has 0 aromatic heterocycles. The highest BCUT2D eigenvalue weighted by Gasteiger charge is 2.31. The zero-order valence-corrected chi connectivity index (χ0v) is 8.96. The van der Waals surface area contributed by atoms with Crippen LogP contribution < -0.4 is 5.32 Å². The predicted molar refractivity (Wildman–Crippen MR) is 56.1 cm³/mol. The van der Waals surface area contributed by atoms with Crippen molar-refractivity contribution in [2.75, 3.05) is 13.6 Å². The van der Waals surface area contributed by atoms with Gasteiger partial charge in [0, 0.05) is 12.6 Å². The molecular weight excluding hydrogens is 176 g/mol. The third-order valence-electron chi connectivity index (χ3n) is 3.65. The van der Waals surface area contributed by atoms with Crippen LogP contribution in [0.3, 0.4) is 0 Å². The summed E-state index contributed by atoms with van der Waals surface area (Å²) in [6.07, 6.45) is 7.25. The maximum Gasteiger partial charge on any atom is 0.237 e. The van der Waals surface area contributed by atoms with Crippen molar-refractivity contribution in [1.29, 1.82) is 0 Å². The summed E-state index contributed by atoms with van der Waals surface area (Å²) in [4.78, 5) is 14.0. The van der Waals surface area contributed by atoms with Gasteiger partial charge in [-0.1, -0.05) is 6.42 Å². The average molecular weight is 196 g/mol. The quantitative estimate of drug-likeness (QED) is 0.718. The molecule has 0 radical (unpaired) electrons. The minimum absolute atomic E-state index is 0.141. The molecule has 80 valence electrons. The number of hydrogen-bond donors (Lipinski definition) is 1. The molecule has 0 aromatic carbocycles. The van der Waals surface area contributed by atoms with E-state index in [4.69, 9.17) is 0 Å². The third-order valence-corrected chi connectivity index (χ3v) is 3.65. The Bertz CT molecular complexity index is 213. The lowest BCUT2D eigenvalue weighted by Gasteiger charge is -2.38. The van der Waals surface area contributed by atoms with Gasteiger partial charge in [-0.05, 0) is 39.2 Å². The van der Waals surface area contributed by atoms with Gasteiger partial charge in [-0.2, -0.15) is 0 Å². The maximum absolute atomic E-state index is 11.7. The molecule has 0 bridgehead atoms. The van der Waals surface area contributed by atoms with E-state index in [9.17, 15) is 4.79 Å². The Morgan fingerprint density at radius 3 is 2.64 bits per heavy atom. The van der Waals surface area contributed by atoms with Gasteiger partial charge in [0.2, 0.25) is 5.91 Å². The van der Waals surface area contributed by atoms with Crippen molar-refractivity contribution in [3.63, 3.8) is 0 Å². The van der Waals surface area contributed by atoms with Crippen LogP contribution in [0, 0.1) is 0 Å². The van der Waals surface area contributed by atoms with Gasteiger partial charge in [-0.15, -0.1) is 0 Å². The number of carbonyl (C=O) groups excluding carboxylic acids is 1. The average Bonchev–Trinajstić information content (AvgIpc) is 2.26. The molecular formula is C11H20N2O. The normalized spacial score (nSPS) is 29.6. The van der Waals surface area contributed by atoms with Crippen LogP contribution in [0.4, 0.5) is 0 Å². The van der Waals surface area contributed by atoms with Gasteiger partial charge in [0.1, 0.15) is 0 Å². The molecule has 14 heavy (non-hydrogen) atoms. The molecule has 1 N–H and O–H groups in total. The number of amides is 1. The van der Waals surface area contributed by atoms with Gasteiger partial charge in [0.25, 0.3) is 0 Å². The van der Waals surface area contributed by atoms with Crippen molar-refractivity contribution in [3.8, 4) is 0 Å². The van der Waals surface area contributed by atoms with E-state index in [2.05, 4.69) is 17.3 Å². The van der Waals surface area contributed by atoms with Crippen molar-refractivity contribution >= 4 is 5.91 Å². The van der Waals surface area contributed by atoms with E-state index in [1.165, 1.54) is 25.7 Å². The molecule has 1 aliphatic heterocycles. The maximum atomic E-state index is 11.7. The second-order valence-corrected chi connectivity index (χ2v) is 4.55. The Morgan fingerprint density at radius 1 is 1.21 bits per heavy atom. The summed E-state index contributed by atoms with van der Waals surface area (Å²) in [6.45, 7) is 0.869. The lowest BCUT2D eigenvalue weighted by Crippen LogP contribution is -2.50. The highest BCUT2D eigenvalue weighted by atomic mass is 16.2. The lowest BCUT2D eigenvalue weighted by molar-refractivity contribution is -0.127. The summed E-state index contributed by atoms with van der Waals surface area (Å²) in [6, 6.07) is 0.812. The highest BCUT2D eigenvalue weighted by molar-refractivity contribution is 5.81. The van der Waals surface area contributed by atoms with Crippen molar-refractivity contribution in [1.82, 2.24) is 10.2 Å². The van der Waals surface area contributed by atoms with E-state index in [1.54, 1.807) is 0 Å². The van der Waals surface area contributed by atoms with Gasteiger partial charge in [-0.3, -0.25) is 9.69 Å². The number of nitrogens with one attached hydrogen (secondary N) is 1. The highest BCUT2D eigenvalue weighted by Crippen LogP contribution is 2.26. The first-order valence-corrected chi connectivity index (χ1v) is 5.78. The minimum atomic E-state index is 0.141. The Balaban J connectivity index is 1.95. The van der Waals surface area contributed by atoms with E-state index in [1.807, 2.05) is 0 Å². The number of rotatable bonds is 2. The summed E-state index contributed by atoms with van der Waals surface area (Å²) in [5.41, 5.74) is 0. The second kappa shape index (κ2) is 4.30. The summed E-state index contributed by atoms with van der Waals surface area (Å²) in [7, 11) is 2.11. The summed E-state index contributed by atoms with van der Waals surface area (Å²) in [5, 5.41) is 3.00. The van der Waals surface area contributed by atoms with Gasteiger partial charge >= 0.3 is 0 Å². The van der Waals surface area contributed by atoms with Crippen LogP contribution in [0.1, 0.15) is 38.5 Å². The Labute approximate surface area is 85.8 Å². The molecule has 2 fully saturated rings. The van der Waals surface area contributed by atoms with E-state index >= 15 is 0 Å². The van der Waals surface area contributed by atoms with Crippen LogP contribution in [-0.2, 0) is 4.79 Å². The second-order valence-electron chi connectivity index (χ2n) is 4.55. The van der Waals surface area contributed by atoms with Crippen LogP contribution in [0.25, 0.3) is 0 Å². The first kappa shape index (κ1) is 9.97. The van der Waals surface area contributed by atoms with Crippen LogP contribution in [0.5, 0.6) is 0 Å². The fourth-order valence-electron chi connectivity index (χ4n) is 2.36. The first-order chi connectivity index (χ1) is 6.79. The van der Waals surface area contributed by atoms with E-state index < -0.39 is 0 Å². The standard InChI is InChI=1S/C11H20N2O/c1-13(9-5-4-6-9)10-7-2-3-8-12-11(10)14/h9-10H,2-8H2,1H3,(H,12,14). The molecule has 1 aliphatic carbocycles. The molecule has 1 amide bonds. The van der Waals surface area contributed by atoms with Crippen molar-refractivity contribution in [2.24, 2.45) is 0 Å². The van der Waals surface area contributed by atoms with E-state index in [0.717, 1.165) is 19.4 Å². The van der Waals surface area contributed by atoms with E-state index in [0.29, 0.717) is 6.04 Å². The van der Waals surface area contributed by atoms with Gasteiger partial charge in [0.05, 0.1) is 6.04 Å². The Hall–Kier alpha value is -0.570. The Morgan fingerprint density at radius 2 is 2.00 bits per heavy atom. The Kier molecular flexibility index (Phi) is 3.06. The van der Waals surface area contributed by atoms with Gasteiger partial charge in [0.15, 0.2) is 0 Å². The topological polar surface area (TPSA) is 32.3 Å². The monoisotopic (exact) mass is 196 g/mol. The van der Waals surface area contributed by atoms with Crippen LogP contribution >= 0.6 is 0 Å². The number of nitrogens with zero attached hydrogens (tertiary/aromatic N) is 1. The van der Waals surface area contributed by atoms with Crippen molar-refractivity contribution in [2.45, 2.75) is 50.6 Å². The summed E-state index contributed by atoms with van der Waals surface area (Å²) < 4.78 is 0. The molecule has 3 nitrogen and oxygen atoms in total. The zero-order chi connectivity index (χ0) is 9.97. The number of hydrogen-bond acceptors (Lipinski definition) is 2. The molecule has 1 atom stereocenters. The molecule has 1 saturated carbocycles. The van der Waals surface area contributed by atoms with Gasteiger partial charge in [-0.25, -0.2) is 0 Å². The fourth-order valence-corrected chi connectivity index (χ4v) is 2.36. The lowest BCUT2D eigenvalue weighted by atomic mass is 9.90. The van der Waals surface area contributed by atoms with Crippen molar-refractivity contribution < 1.29 is 4.79 Å². The minimum Gasteiger partial charge on any atom is -0.355 e. The number of likely N-dealkylation sites (N-methyl/N-ethyl adjacent to an activating group) is 1. The molecule has 0 spiro atoms. The van der Waals surface area contributed by atoms with Crippen LogP contribution in [0.15, 0.2) is 0 Å². The molecule has 1 unspecified atom stereocenters. The molecule has 2 rings (SSSR count). The SMILES string of the molecule is CN(C1CCC1)C1CCCCNC1=O. The first-order valence-electron chi connectivity index (χ1n) is 5.78. The largest absolute Gasteiger partial charge is 0.355 e. The molecule has 3 heteroatoms. The molecule has 1 heterocycles. The molecule has 1 saturated heterocycles.